The summed E-state index contributed by atoms with van der Waals surface area (Å²) in [6, 6.07) is 50.9. The Balaban J connectivity index is 1.16. The number of para-hydroxylation sites is 1. The van der Waals surface area contributed by atoms with E-state index in [2.05, 4.69) is 170 Å². The Morgan fingerprint density at radius 2 is 1.19 bits per heavy atom. The Labute approximate surface area is 276 Å². The van der Waals surface area contributed by atoms with Crippen LogP contribution < -0.4 is 4.90 Å². The zero-order valence-electron chi connectivity index (χ0n) is 26.7. The molecule has 6 aromatic carbocycles. The second-order valence-corrected chi connectivity index (χ2v) is 13.3. The standard InChI is InChI=1S/C45H35NO/c1-45(2)41-17-8-6-13-37(41)40-29-35(27-28-42(40)45)46(33-23-19-31(20-24-33)30-11-4-3-5-12-30)34-25-21-32(22-26-34)36-15-10-16-39-38-14-7-9-18-43(38)47-44(36)39/h3-6,8-13,15-29H,7,14H2,1-2H3. The van der Waals surface area contributed by atoms with E-state index < -0.39 is 0 Å². The summed E-state index contributed by atoms with van der Waals surface area (Å²) in [5.41, 5.74) is 15.8. The van der Waals surface area contributed by atoms with Crippen molar-refractivity contribution in [2.45, 2.75) is 32.1 Å². The number of hydrogen-bond acceptors (Lipinski definition) is 2. The third-order valence-electron chi connectivity index (χ3n) is 10.2. The van der Waals surface area contributed by atoms with Crippen LogP contribution in [0.4, 0.5) is 17.1 Å². The summed E-state index contributed by atoms with van der Waals surface area (Å²) in [7, 11) is 0. The number of benzene rings is 6. The molecule has 0 radical (unpaired) electrons. The summed E-state index contributed by atoms with van der Waals surface area (Å²) in [5, 5.41) is 1.23. The topological polar surface area (TPSA) is 16.4 Å². The predicted octanol–water partition coefficient (Wildman–Crippen LogP) is 12.5. The first-order valence-electron chi connectivity index (χ1n) is 16.6. The quantitative estimate of drug-likeness (QED) is 0.194. The van der Waals surface area contributed by atoms with Gasteiger partial charge in [-0.05, 0) is 94.3 Å². The SMILES string of the molecule is CC1(C)c2ccccc2-c2cc(N(c3ccc(-c4ccccc4)cc3)c3ccc(-c4cccc5c6c(oc45)C=CCC6)cc3)ccc21. The van der Waals surface area contributed by atoms with Crippen molar-refractivity contribution >= 4 is 34.1 Å². The minimum Gasteiger partial charge on any atom is -0.456 e. The van der Waals surface area contributed by atoms with E-state index in [0.717, 1.165) is 52.4 Å². The van der Waals surface area contributed by atoms with E-state index in [9.17, 15) is 0 Å². The second-order valence-electron chi connectivity index (χ2n) is 13.3. The van der Waals surface area contributed by atoms with Gasteiger partial charge >= 0.3 is 0 Å². The van der Waals surface area contributed by atoms with Gasteiger partial charge in [0.15, 0.2) is 0 Å². The van der Waals surface area contributed by atoms with Gasteiger partial charge in [-0.3, -0.25) is 0 Å². The lowest BCUT2D eigenvalue weighted by Gasteiger charge is -2.27. The molecule has 0 saturated carbocycles. The molecule has 0 fully saturated rings. The fourth-order valence-electron chi connectivity index (χ4n) is 7.74. The number of aryl methyl sites for hydroxylation is 1. The average Bonchev–Trinajstić information content (AvgIpc) is 3.62. The molecule has 226 valence electrons. The van der Waals surface area contributed by atoms with Gasteiger partial charge in [0.25, 0.3) is 0 Å². The van der Waals surface area contributed by atoms with Crippen molar-refractivity contribution < 1.29 is 4.42 Å². The van der Waals surface area contributed by atoms with Crippen molar-refractivity contribution in [3.8, 4) is 33.4 Å². The molecule has 2 aliphatic carbocycles. The van der Waals surface area contributed by atoms with Gasteiger partial charge in [-0.15, -0.1) is 0 Å². The minimum atomic E-state index is -0.0316. The van der Waals surface area contributed by atoms with Crippen molar-refractivity contribution in [1.29, 1.82) is 0 Å². The number of nitrogens with zero attached hydrogens (tertiary/aromatic N) is 1. The zero-order chi connectivity index (χ0) is 31.5. The summed E-state index contributed by atoms with van der Waals surface area (Å²) in [4.78, 5) is 2.38. The summed E-state index contributed by atoms with van der Waals surface area (Å²) in [6.45, 7) is 4.67. The largest absolute Gasteiger partial charge is 0.456 e. The molecule has 1 heterocycles. The fourth-order valence-corrected chi connectivity index (χ4v) is 7.74. The van der Waals surface area contributed by atoms with Crippen LogP contribution in [0, 0.1) is 0 Å². The molecule has 0 bridgehead atoms. The molecule has 2 heteroatoms. The minimum absolute atomic E-state index is 0.0316. The maximum Gasteiger partial charge on any atom is 0.142 e. The van der Waals surface area contributed by atoms with Crippen molar-refractivity contribution in [2.75, 3.05) is 4.90 Å². The Hall–Kier alpha value is -5.60. The Morgan fingerprint density at radius 3 is 1.98 bits per heavy atom. The zero-order valence-corrected chi connectivity index (χ0v) is 26.7. The first kappa shape index (κ1) is 27.7. The maximum absolute atomic E-state index is 6.43. The van der Waals surface area contributed by atoms with Crippen LogP contribution in [0.3, 0.4) is 0 Å². The molecule has 0 atom stereocenters. The molecule has 1 aromatic heterocycles. The smallest absolute Gasteiger partial charge is 0.142 e. The molecule has 0 spiro atoms. The normalized spacial score (nSPS) is 14.1. The van der Waals surface area contributed by atoms with Gasteiger partial charge in [0.2, 0.25) is 0 Å². The number of furan rings is 1. The Kier molecular flexibility index (Phi) is 6.33. The molecular formula is C45H35NO. The summed E-state index contributed by atoms with van der Waals surface area (Å²) >= 11 is 0. The molecule has 2 aliphatic rings. The lowest BCUT2D eigenvalue weighted by Crippen LogP contribution is -2.15. The third kappa shape index (κ3) is 4.47. The van der Waals surface area contributed by atoms with Gasteiger partial charge in [0.1, 0.15) is 11.3 Å². The lowest BCUT2D eigenvalue weighted by atomic mass is 9.82. The van der Waals surface area contributed by atoms with E-state index in [-0.39, 0.29) is 5.41 Å². The lowest BCUT2D eigenvalue weighted by molar-refractivity contribution is 0.596. The van der Waals surface area contributed by atoms with Crippen LogP contribution in [0.1, 0.15) is 42.7 Å². The average molecular weight is 606 g/mol. The highest BCUT2D eigenvalue weighted by molar-refractivity contribution is 5.97. The van der Waals surface area contributed by atoms with Gasteiger partial charge in [-0.25, -0.2) is 0 Å². The number of rotatable bonds is 5. The summed E-state index contributed by atoms with van der Waals surface area (Å²) in [6.07, 6.45) is 6.43. The predicted molar refractivity (Wildman–Crippen MR) is 197 cm³/mol. The number of fused-ring (bicyclic) bond motifs is 6. The molecule has 47 heavy (non-hydrogen) atoms. The molecule has 7 aromatic rings. The van der Waals surface area contributed by atoms with Crippen molar-refractivity contribution in [3.05, 3.63) is 168 Å². The summed E-state index contributed by atoms with van der Waals surface area (Å²) < 4.78 is 6.43. The van der Waals surface area contributed by atoms with E-state index >= 15 is 0 Å². The van der Waals surface area contributed by atoms with Crippen LogP contribution in [0.2, 0.25) is 0 Å². The van der Waals surface area contributed by atoms with Gasteiger partial charge in [0.05, 0.1) is 0 Å². The van der Waals surface area contributed by atoms with Gasteiger partial charge in [-0.2, -0.15) is 0 Å². The molecule has 9 rings (SSSR count). The summed E-state index contributed by atoms with van der Waals surface area (Å²) in [5.74, 6) is 1.00. The second kappa shape index (κ2) is 10.7. The van der Waals surface area contributed by atoms with Crippen molar-refractivity contribution in [2.24, 2.45) is 0 Å². The number of allylic oxidation sites excluding steroid dienone is 1. The fraction of sp³-hybridized carbons (Fsp3) is 0.111. The third-order valence-corrected chi connectivity index (χ3v) is 10.2. The van der Waals surface area contributed by atoms with Crippen LogP contribution in [0.5, 0.6) is 0 Å². The van der Waals surface area contributed by atoms with Crippen LogP contribution in [-0.2, 0) is 11.8 Å². The van der Waals surface area contributed by atoms with Crippen LogP contribution in [-0.4, -0.2) is 0 Å². The highest BCUT2D eigenvalue weighted by Gasteiger charge is 2.35. The van der Waals surface area contributed by atoms with Gasteiger partial charge in [-0.1, -0.05) is 123 Å². The Morgan fingerprint density at radius 1 is 0.553 bits per heavy atom. The monoisotopic (exact) mass is 605 g/mol. The molecule has 2 nitrogen and oxygen atoms in total. The highest BCUT2D eigenvalue weighted by Crippen LogP contribution is 2.50. The van der Waals surface area contributed by atoms with E-state index in [1.54, 1.807) is 0 Å². The molecule has 0 amide bonds. The van der Waals surface area contributed by atoms with Gasteiger partial charge < -0.3 is 9.32 Å². The van der Waals surface area contributed by atoms with E-state index in [0.29, 0.717) is 0 Å². The molecular weight excluding hydrogens is 571 g/mol. The van der Waals surface area contributed by atoms with Crippen LogP contribution in [0.25, 0.3) is 50.4 Å². The maximum atomic E-state index is 6.43. The Bertz CT molecular complexity index is 2300. The van der Waals surface area contributed by atoms with Crippen molar-refractivity contribution in [1.82, 2.24) is 0 Å². The van der Waals surface area contributed by atoms with Crippen LogP contribution in [0.15, 0.2) is 150 Å². The van der Waals surface area contributed by atoms with Gasteiger partial charge in [0, 0.05) is 39.0 Å². The first-order chi connectivity index (χ1) is 23.1. The van der Waals surface area contributed by atoms with E-state index in [1.807, 2.05) is 0 Å². The molecule has 0 saturated heterocycles. The first-order valence-corrected chi connectivity index (χ1v) is 16.6. The number of hydrogen-bond donors (Lipinski definition) is 0. The molecule has 0 N–H and O–H groups in total. The molecule has 0 aliphatic heterocycles. The molecule has 0 unspecified atom stereocenters. The van der Waals surface area contributed by atoms with Crippen LogP contribution >= 0.6 is 0 Å². The van der Waals surface area contributed by atoms with Crippen molar-refractivity contribution in [3.63, 3.8) is 0 Å². The van der Waals surface area contributed by atoms with E-state index in [1.165, 1.54) is 44.3 Å². The van der Waals surface area contributed by atoms with E-state index in [4.69, 9.17) is 4.42 Å². The number of anilines is 3. The highest BCUT2D eigenvalue weighted by atomic mass is 16.3.